The van der Waals surface area contributed by atoms with Crippen LogP contribution in [0.3, 0.4) is 0 Å². The first kappa shape index (κ1) is 13.8. The van der Waals surface area contributed by atoms with Crippen molar-refractivity contribution in [1.29, 1.82) is 0 Å². The average molecular weight is 302 g/mol. The zero-order valence-corrected chi connectivity index (χ0v) is 12.3. The summed E-state index contributed by atoms with van der Waals surface area (Å²) in [6.07, 6.45) is 0.334. The van der Waals surface area contributed by atoms with Crippen LogP contribution in [0.15, 0.2) is 29.6 Å². The standard InChI is InChI=1S/C15H14N2O3S/c1-9-16-12(8-21-9)14(18)17-7-11-5-3-2-4-10(11)6-13(17)15(19)20/h2-5,8,13H,6-7H2,1H3,(H,19,20). The lowest BCUT2D eigenvalue weighted by atomic mass is 9.94. The molecule has 0 saturated carbocycles. The summed E-state index contributed by atoms with van der Waals surface area (Å²) in [7, 11) is 0. The van der Waals surface area contributed by atoms with Crippen LogP contribution in [0, 0.1) is 6.92 Å². The number of nitrogens with zero attached hydrogens (tertiary/aromatic N) is 2. The van der Waals surface area contributed by atoms with Crippen LogP contribution in [0.25, 0.3) is 0 Å². The van der Waals surface area contributed by atoms with E-state index in [-0.39, 0.29) is 5.91 Å². The maximum Gasteiger partial charge on any atom is 0.326 e. The van der Waals surface area contributed by atoms with E-state index in [1.165, 1.54) is 16.2 Å². The number of aryl methyl sites for hydroxylation is 1. The van der Waals surface area contributed by atoms with Gasteiger partial charge in [0.25, 0.3) is 5.91 Å². The predicted molar refractivity (Wildman–Crippen MR) is 78.3 cm³/mol. The number of fused-ring (bicyclic) bond motifs is 1. The van der Waals surface area contributed by atoms with Gasteiger partial charge in [0, 0.05) is 18.3 Å². The van der Waals surface area contributed by atoms with E-state index in [0.29, 0.717) is 18.7 Å². The summed E-state index contributed by atoms with van der Waals surface area (Å²) in [5.74, 6) is -1.30. The van der Waals surface area contributed by atoms with E-state index in [9.17, 15) is 14.7 Å². The highest BCUT2D eigenvalue weighted by Gasteiger charge is 2.35. The highest BCUT2D eigenvalue weighted by molar-refractivity contribution is 7.09. The fourth-order valence-corrected chi connectivity index (χ4v) is 3.15. The van der Waals surface area contributed by atoms with Gasteiger partial charge in [-0.2, -0.15) is 0 Å². The molecule has 0 bridgehead atoms. The van der Waals surface area contributed by atoms with E-state index in [2.05, 4.69) is 4.98 Å². The number of hydrogen-bond donors (Lipinski definition) is 1. The summed E-state index contributed by atoms with van der Waals surface area (Å²) >= 11 is 1.39. The lowest BCUT2D eigenvalue weighted by Gasteiger charge is -2.34. The summed E-state index contributed by atoms with van der Waals surface area (Å²) in [5.41, 5.74) is 2.31. The molecule has 1 aliphatic rings. The molecular weight excluding hydrogens is 288 g/mol. The number of hydrogen-bond acceptors (Lipinski definition) is 4. The van der Waals surface area contributed by atoms with Gasteiger partial charge in [0.1, 0.15) is 11.7 Å². The molecule has 21 heavy (non-hydrogen) atoms. The molecule has 1 amide bonds. The topological polar surface area (TPSA) is 70.5 Å². The van der Waals surface area contributed by atoms with Gasteiger partial charge in [0.15, 0.2) is 0 Å². The zero-order valence-electron chi connectivity index (χ0n) is 11.4. The molecule has 1 aliphatic heterocycles. The van der Waals surface area contributed by atoms with Crippen molar-refractivity contribution >= 4 is 23.2 Å². The van der Waals surface area contributed by atoms with Gasteiger partial charge in [0.05, 0.1) is 5.01 Å². The van der Waals surface area contributed by atoms with Gasteiger partial charge in [-0.3, -0.25) is 4.79 Å². The molecule has 108 valence electrons. The number of aliphatic carboxylic acids is 1. The van der Waals surface area contributed by atoms with Crippen LogP contribution in [-0.4, -0.2) is 32.9 Å². The molecule has 1 aromatic carbocycles. The Morgan fingerprint density at radius 1 is 1.33 bits per heavy atom. The molecule has 3 rings (SSSR count). The lowest BCUT2D eigenvalue weighted by molar-refractivity contribution is -0.142. The minimum atomic E-state index is -0.982. The Morgan fingerprint density at radius 2 is 2.05 bits per heavy atom. The number of carboxylic acid groups (broad SMARTS) is 1. The third kappa shape index (κ3) is 2.54. The molecule has 1 N–H and O–H groups in total. The molecule has 0 saturated heterocycles. The number of benzene rings is 1. The number of rotatable bonds is 2. The number of carbonyl (C=O) groups is 2. The van der Waals surface area contributed by atoms with Gasteiger partial charge in [0.2, 0.25) is 0 Å². The summed E-state index contributed by atoms with van der Waals surface area (Å²) in [6, 6.07) is 6.80. The van der Waals surface area contributed by atoms with E-state index in [1.807, 2.05) is 31.2 Å². The van der Waals surface area contributed by atoms with Gasteiger partial charge in [-0.1, -0.05) is 24.3 Å². The third-order valence-electron chi connectivity index (χ3n) is 3.63. The molecule has 0 spiro atoms. The SMILES string of the molecule is Cc1nc(C(=O)N2Cc3ccccc3CC2C(=O)O)cs1. The van der Waals surface area contributed by atoms with Crippen molar-refractivity contribution in [3.63, 3.8) is 0 Å². The molecule has 1 atom stereocenters. The number of carbonyl (C=O) groups excluding carboxylic acids is 1. The number of aromatic nitrogens is 1. The number of amides is 1. The van der Waals surface area contributed by atoms with Gasteiger partial charge >= 0.3 is 5.97 Å². The molecule has 0 fully saturated rings. The van der Waals surface area contributed by atoms with Crippen molar-refractivity contribution < 1.29 is 14.7 Å². The van der Waals surface area contributed by atoms with Crippen molar-refractivity contribution in [2.24, 2.45) is 0 Å². The van der Waals surface area contributed by atoms with Crippen molar-refractivity contribution in [3.8, 4) is 0 Å². The fourth-order valence-electron chi connectivity index (χ4n) is 2.57. The summed E-state index contributed by atoms with van der Waals surface area (Å²) < 4.78 is 0. The number of thiazole rings is 1. The quantitative estimate of drug-likeness (QED) is 0.922. The first-order chi connectivity index (χ1) is 10.1. The van der Waals surface area contributed by atoms with E-state index in [1.54, 1.807) is 5.38 Å². The largest absolute Gasteiger partial charge is 0.480 e. The van der Waals surface area contributed by atoms with Crippen LogP contribution in [0.4, 0.5) is 0 Å². The minimum Gasteiger partial charge on any atom is -0.480 e. The molecule has 2 heterocycles. The molecule has 2 aromatic rings. The van der Waals surface area contributed by atoms with Crippen LogP contribution in [-0.2, 0) is 17.8 Å². The highest BCUT2D eigenvalue weighted by atomic mass is 32.1. The fraction of sp³-hybridized carbons (Fsp3) is 0.267. The van der Waals surface area contributed by atoms with Gasteiger partial charge in [-0.25, -0.2) is 9.78 Å². The second kappa shape index (κ2) is 5.29. The van der Waals surface area contributed by atoms with Gasteiger partial charge in [-0.15, -0.1) is 11.3 Å². The van der Waals surface area contributed by atoms with Crippen LogP contribution >= 0.6 is 11.3 Å². The zero-order chi connectivity index (χ0) is 15.0. The van der Waals surface area contributed by atoms with Gasteiger partial charge < -0.3 is 10.0 Å². The van der Waals surface area contributed by atoms with Crippen molar-refractivity contribution in [3.05, 3.63) is 51.5 Å². The van der Waals surface area contributed by atoms with Crippen molar-refractivity contribution in [2.45, 2.75) is 25.9 Å². The monoisotopic (exact) mass is 302 g/mol. The molecule has 6 heteroatoms. The highest BCUT2D eigenvalue weighted by Crippen LogP contribution is 2.25. The van der Waals surface area contributed by atoms with Crippen molar-refractivity contribution in [1.82, 2.24) is 9.88 Å². The van der Waals surface area contributed by atoms with Crippen LogP contribution in [0.1, 0.15) is 26.6 Å². The van der Waals surface area contributed by atoms with Crippen LogP contribution in [0.5, 0.6) is 0 Å². The molecule has 5 nitrogen and oxygen atoms in total. The molecule has 0 aliphatic carbocycles. The second-order valence-corrected chi connectivity index (χ2v) is 6.07. The van der Waals surface area contributed by atoms with E-state index in [0.717, 1.165) is 16.1 Å². The molecular formula is C15H14N2O3S. The molecule has 0 radical (unpaired) electrons. The van der Waals surface area contributed by atoms with E-state index in [4.69, 9.17) is 0 Å². The Balaban J connectivity index is 1.96. The Kier molecular flexibility index (Phi) is 3.47. The summed E-state index contributed by atoms with van der Waals surface area (Å²) in [6.45, 7) is 2.13. The second-order valence-electron chi connectivity index (χ2n) is 5.01. The molecule has 1 aromatic heterocycles. The predicted octanol–water partition coefficient (Wildman–Crippen LogP) is 2.10. The minimum absolute atomic E-state index is 0.308. The number of carboxylic acids is 1. The summed E-state index contributed by atoms with van der Waals surface area (Å²) in [4.78, 5) is 29.6. The first-order valence-corrected chi connectivity index (χ1v) is 7.47. The van der Waals surface area contributed by atoms with Crippen LogP contribution in [0.2, 0.25) is 0 Å². The maximum atomic E-state index is 12.5. The Morgan fingerprint density at radius 3 is 2.67 bits per heavy atom. The average Bonchev–Trinajstić information content (AvgIpc) is 2.91. The Hall–Kier alpha value is -2.21. The van der Waals surface area contributed by atoms with Crippen LogP contribution < -0.4 is 0 Å². The third-order valence-corrected chi connectivity index (χ3v) is 4.41. The van der Waals surface area contributed by atoms with E-state index < -0.39 is 12.0 Å². The normalized spacial score (nSPS) is 17.4. The Bertz CT molecular complexity index is 710. The summed E-state index contributed by atoms with van der Waals surface area (Å²) in [5, 5.41) is 11.9. The maximum absolute atomic E-state index is 12.5. The smallest absolute Gasteiger partial charge is 0.326 e. The first-order valence-electron chi connectivity index (χ1n) is 6.59. The molecule has 1 unspecified atom stereocenters. The lowest BCUT2D eigenvalue weighted by Crippen LogP contribution is -2.48. The van der Waals surface area contributed by atoms with Gasteiger partial charge in [-0.05, 0) is 18.1 Å². The van der Waals surface area contributed by atoms with E-state index >= 15 is 0 Å². The van der Waals surface area contributed by atoms with Crippen molar-refractivity contribution in [2.75, 3.05) is 0 Å². The Labute approximate surface area is 125 Å².